The second-order valence-electron chi connectivity index (χ2n) is 6.51. The van der Waals surface area contributed by atoms with E-state index in [2.05, 4.69) is 0 Å². The van der Waals surface area contributed by atoms with Gasteiger partial charge in [-0.15, -0.1) is 0 Å². The molecule has 0 heterocycles. The van der Waals surface area contributed by atoms with Gasteiger partial charge in [0.25, 0.3) is 0 Å². The van der Waals surface area contributed by atoms with Gasteiger partial charge in [0.15, 0.2) is 6.61 Å². The highest BCUT2D eigenvalue weighted by Crippen LogP contribution is 2.31. The van der Waals surface area contributed by atoms with Crippen molar-refractivity contribution in [1.82, 2.24) is 0 Å². The largest absolute Gasteiger partial charge is 0.497 e. The van der Waals surface area contributed by atoms with Gasteiger partial charge >= 0.3 is 5.97 Å². The molecule has 0 aliphatic rings. The number of ether oxygens (including phenoxy) is 3. The molecule has 0 aromatic heterocycles. The molecule has 0 atom stereocenters. The molecule has 1 N–H and O–H groups in total. The van der Waals surface area contributed by atoms with Crippen LogP contribution in [0, 0.1) is 0 Å². The molecule has 6 nitrogen and oxygen atoms in total. The fourth-order valence-corrected chi connectivity index (χ4v) is 3.11. The molecule has 0 saturated carbocycles. The summed E-state index contributed by atoms with van der Waals surface area (Å²) in [5.41, 5.74) is -1.16. The van der Waals surface area contributed by atoms with Crippen molar-refractivity contribution < 1.29 is 28.9 Å². The Bertz CT molecular complexity index is 975. The summed E-state index contributed by atoms with van der Waals surface area (Å²) in [5.74, 6) is -0.633. The Labute approximate surface area is 174 Å². The summed E-state index contributed by atoms with van der Waals surface area (Å²) in [6, 6.07) is 21.7. The lowest BCUT2D eigenvalue weighted by Gasteiger charge is -2.27. The van der Waals surface area contributed by atoms with Crippen LogP contribution < -0.4 is 9.47 Å². The Hall–Kier alpha value is -3.64. The molecule has 0 aliphatic carbocycles. The number of hydrogen-bond acceptors (Lipinski definition) is 6. The number of benzene rings is 3. The van der Waals surface area contributed by atoms with Gasteiger partial charge < -0.3 is 19.3 Å². The monoisotopic (exact) mass is 406 g/mol. The Morgan fingerprint density at radius 1 is 0.833 bits per heavy atom. The summed E-state index contributed by atoms with van der Waals surface area (Å²) < 4.78 is 15.6. The minimum Gasteiger partial charge on any atom is -0.497 e. The van der Waals surface area contributed by atoms with Crippen LogP contribution in [0.1, 0.15) is 21.5 Å². The topological polar surface area (TPSA) is 82.1 Å². The molecule has 0 radical (unpaired) electrons. The molecule has 0 saturated heterocycles. The molecule has 0 bridgehead atoms. The number of Topliss-reactive ketones (excluding diaryl/α,β-unsaturated/α-hetero) is 1. The molecule has 3 aromatic rings. The van der Waals surface area contributed by atoms with Crippen LogP contribution >= 0.6 is 0 Å². The van der Waals surface area contributed by atoms with Crippen LogP contribution in [0.2, 0.25) is 0 Å². The van der Waals surface area contributed by atoms with E-state index in [-0.39, 0.29) is 5.56 Å². The molecule has 3 rings (SSSR count). The lowest BCUT2D eigenvalue weighted by atomic mass is 9.86. The number of esters is 1. The molecular weight excluding hydrogens is 384 g/mol. The normalized spacial score (nSPS) is 10.9. The van der Waals surface area contributed by atoms with Crippen molar-refractivity contribution in [2.75, 3.05) is 20.8 Å². The summed E-state index contributed by atoms with van der Waals surface area (Å²) >= 11 is 0. The van der Waals surface area contributed by atoms with Gasteiger partial charge in [0.05, 0.1) is 19.8 Å². The highest BCUT2D eigenvalue weighted by Gasteiger charge is 2.41. The van der Waals surface area contributed by atoms with Crippen LogP contribution in [-0.2, 0) is 15.1 Å². The van der Waals surface area contributed by atoms with Gasteiger partial charge in [0.1, 0.15) is 11.5 Å². The van der Waals surface area contributed by atoms with E-state index in [0.717, 1.165) is 0 Å². The summed E-state index contributed by atoms with van der Waals surface area (Å²) in [7, 11) is 2.92. The van der Waals surface area contributed by atoms with Gasteiger partial charge in [0.2, 0.25) is 11.4 Å². The lowest BCUT2D eigenvalue weighted by molar-refractivity contribution is -0.160. The highest BCUT2D eigenvalue weighted by molar-refractivity contribution is 6.01. The van der Waals surface area contributed by atoms with Crippen molar-refractivity contribution in [3.63, 3.8) is 0 Å². The first-order valence-electron chi connectivity index (χ1n) is 9.26. The van der Waals surface area contributed by atoms with E-state index in [4.69, 9.17) is 14.2 Å². The Morgan fingerprint density at radius 2 is 1.40 bits per heavy atom. The Kier molecular flexibility index (Phi) is 6.49. The maximum atomic E-state index is 13.0. The molecule has 3 aromatic carbocycles. The van der Waals surface area contributed by atoms with Crippen molar-refractivity contribution in [1.29, 1.82) is 0 Å². The van der Waals surface area contributed by atoms with Crippen LogP contribution in [0.4, 0.5) is 0 Å². The van der Waals surface area contributed by atoms with E-state index in [1.165, 1.54) is 20.3 Å². The van der Waals surface area contributed by atoms with E-state index in [1.807, 2.05) is 0 Å². The van der Waals surface area contributed by atoms with Crippen LogP contribution in [-0.4, -0.2) is 37.7 Å². The maximum Gasteiger partial charge on any atom is 0.348 e. The second kappa shape index (κ2) is 9.24. The summed E-state index contributed by atoms with van der Waals surface area (Å²) in [6.07, 6.45) is 0. The second-order valence-corrected chi connectivity index (χ2v) is 6.51. The summed E-state index contributed by atoms with van der Waals surface area (Å²) in [6.45, 7) is -0.565. The zero-order valence-corrected chi connectivity index (χ0v) is 16.7. The van der Waals surface area contributed by atoms with Gasteiger partial charge in [-0.1, -0.05) is 60.7 Å². The number of aliphatic hydroxyl groups is 1. The van der Waals surface area contributed by atoms with Gasteiger partial charge in [-0.25, -0.2) is 4.79 Å². The Morgan fingerprint density at radius 3 is 1.90 bits per heavy atom. The van der Waals surface area contributed by atoms with E-state index in [0.29, 0.717) is 22.6 Å². The van der Waals surface area contributed by atoms with Crippen LogP contribution in [0.3, 0.4) is 0 Å². The zero-order valence-electron chi connectivity index (χ0n) is 16.7. The predicted octanol–water partition coefficient (Wildman–Crippen LogP) is 3.37. The zero-order chi connectivity index (χ0) is 21.6. The average Bonchev–Trinajstić information content (AvgIpc) is 2.82. The summed E-state index contributed by atoms with van der Waals surface area (Å²) in [4.78, 5) is 25.7. The standard InChI is InChI=1S/C24H22O6/c1-28-19-13-14-22(29-2)20(15-19)21(25)16-30-23(26)24(27,17-9-5-3-6-10-17)18-11-7-4-8-12-18/h3-15,27H,16H2,1-2H3. The number of hydrogen-bond donors (Lipinski definition) is 1. The molecule has 0 aliphatic heterocycles. The fraction of sp³-hybridized carbons (Fsp3) is 0.167. The average molecular weight is 406 g/mol. The van der Waals surface area contributed by atoms with Crippen LogP contribution in [0.15, 0.2) is 78.9 Å². The number of rotatable bonds is 8. The number of carbonyl (C=O) groups is 2. The molecular formula is C24H22O6. The van der Waals surface area contributed by atoms with Gasteiger partial charge in [-0.2, -0.15) is 0 Å². The summed E-state index contributed by atoms with van der Waals surface area (Å²) in [5, 5.41) is 11.4. The smallest absolute Gasteiger partial charge is 0.348 e. The third-order valence-electron chi connectivity index (χ3n) is 4.72. The van der Waals surface area contributed by atoms with Gasteiger partial charge in [-0.3, -0.25) is 4.79 Å². The molecule has 0 spiro atoms. The quantitative estimate of drug-likeness (QED) is 0.456. The SMILES string of the molecule is COc1ccc(OC)c(C(=O)COC(=O)C(O)(c2ccccc2)c2ccccc2)c1. The van der Waals surface area contributed by atoms with Crippen LogP contribution in [0.25, 0.3) is 0 Å². The number of carbonyl (C=O) groups excluding carboxylic acids is 2. The molecule has 0 amide bonds. The molecule has 30 heavy (non-hydrogen) atoms. The van der Waals surface area contributed by atoms with Crippen molar-refractivity contribution in [3.8, 4) is 11.5 Å². The third kappa shape index (κ3) is 4.18. The molecule has 0 unspecified atom stereocenters. The van der Waals surface area contributed by atoms with E-state index >= 15 is 0 Å². The van der Waals surface area contributed by atoms with E-state index in [1.54, 1.807) is 72.8 Å². The minimum absolute atomic E-state index is 0.215. The Balaban J connectivity index is 1.87. The van der Waals surface area contributed by atoms with Gasteiger partial charge in [0, 0.05) is 0 Å². The molecule has 154 valence electrons. The van der Waals surface area contributed by atoms with E-state index in [9.17, 15) is 14.7 Å². The molecule has 0 fully saturated rings. The van der Waals surface area contributed by atoms with Gasteiger partial charge in [-0.05, 0) is 29.3 Å². The first-order chi connectivity index (χ1) is 14.5. The van der Waals surface area contributed by atoms with Crippen molar-refractivity contribution in [2.24, 2.45) is 0 Å². The molecule has 6 heteroatoms. The number of methoxy groups -OCH3 is 2. The minimum atomic E-state index is -2.05. The first-order valence-corrected chi connectivity index (χ1v) is 9.26. The van der Waals surface area contributed by atoms with Crippen molar-refractivity contribution in [2.45, 2.75) is 5.60 Å². The third-order valence-corrected chi connectivity index (χ3v) is 4.72. The fourth-order valence-electron chi connectivity index (χ4n) is 3.11. The first kappa shape index (κ1) is 21.1. The lowest BCUT2D eigenvalue weighted by Crippen LogP contribution is -2.39. The highest BCUT2D eigenvalue weighted by atomic mass is 16.6. The predicted molar refractivity (Wildman–Crippen MR) is 111 cm³/mol. The van der Waals surface area contributed by atoms with Crippen LogP contribution in [0.5, 0.6) is 11.5 Å². The maximum absolute atomic E-state index is 13.0. The number of ketones is 1. The van der Waals surface area contributed by atoms with Crippen molar-refractivity contribution in [3.05, 3.63) is 95.6 Å². The van der Waals surface area contributed by atoms with Crippen molar-refractivity contribution >= 4 is 11.8 Å². The van der Waals surface area contributed by atoms with E-state index < -0.39 is 24.0 Å².